The highest BCUT2D eigenvalue weighted by Crippen LogP contribution is 2.31. The zero-order chi connectivity index (χ0) is 20.3. The van der Waals surface area contributed by atoms with Crippen molar-refractivity contribution in [3.05, 3.63) is 29.7 Å². The number of carbonyl (C=O) groups is 1. The summed E-state index contributed by atoms with van der Waals surface area (Å²) in [6.45, 7) is 6.10. The highest BCUT2D eigenvalue weighted by atomic mass is 16.5. The molecule has 0 aromatic carbocycles. The molecule has 0 amide bonds. The fourth-order valence-electron chi connectivity index (χ4n) is 3.72. The van der Waals surface area contributed by atoms with E-state index in [1.54, 1.807) is 10.9 Å². The molecule has 2 atom stereocenters. The molecule has 7 nitrogen and oxygen atoms in total. The molecule has 0 aliphatic heterocycles. The van der Waals surface area contributed by atoms with Crippen molar-refractivity contribution in [1.82, 2.24) is 14.8 Å². The van der Waals surface area contributed by atoms with Crippen molar-refractivity contribution in [2.24, 2.45) is 18.7 Å². The Morgan fingerprint density at radius 3 is 2.82 bits per heavy atom. The average Bonchev–Trinajstić information content (AvgIpc) is 3.03. The molecule has 1 saturated carbocycles. The molecule has 2 N–H and O–H groups in total. The Morgan fingerprint density at radius 2 is 2.14 bits per heavy atom. The van der Waals surface area contributed by atoms with Crippen LogP contribution in [-0.4, -0.2) is 32.9 Å². The van der Waals surface area contributed by atoms with Gasteiger partial charge in [-0.3, -0.25) is 9.48 Å². The van der Waals surface area contributed by atoms with Gasteiger partial charge in [0.2, 0.25) is 0 Å². The third kappa shape index (κ3) is 4.52. The Morgan fingerprint density at radius 1 is 1.36 bits per heavy atom. The lowest BCUT2D eigenvalue weighted by Gasteiger charge is -2.29. The van der Waals surface area contributed by atoms with E-state index in [-0.39, 0.29) is 24.1 Å². The molecule has 2 heterocycles. The largest absolute Gasteiger partial charge is 0.489 e. The molecule has 1 aliphatic carbocycles. The SMILES string of the molecule is Cc1nc(-c2cnn(C)c2CN)ccc1O[C@H]1CCC[C@H](C(=O)OC(C)C)C1. The van der Waals surface area contributed by atoms with Gasteiger partial charge in [-0.15, -0.1) is 0 Å². The smallest absolute Gasteiger partial charge is 0.309 e. The first-order valence-corrected chi connectivity index (χ1v) is 9.95. The Hall–Kier alpha value is -2.41. The van der Waals surface area contributed by atoms with Crippen molar-refractivity contribution in [2.75, 3.05) is 0 Å². The van der Waals surface area contributed by atoms with Gasteiger partial charge in [-0.2, -0.15) is 5.10 Å². The summed E-state index contributed by atoms with van der Waals surface area (Å²) in [5.74, 6) is 0.556. The van der Waals surface area contributed by atoms with E-state index in [1.807, 2.05) is 40.0 Å². The van der Waals surface area contributed by atoms with Crippen molar-refractivity contribution in [2.45, 2.75) is 65.2 Å². The number of nitrogens with two attached hydrogens (primary N) is 1. The second kappa shape index (κ2) is 8.73. The van der Waals surface area contributed by atoms with E-state index in [2.05, 4.69) is 5.10 Å². The van der Waals surface area contributed by atoms with Crippen LogP contribution in [0.2, 0.25) is 0 Å². The zero-order valence-corrected chi connectivity index (χ0v) is 17.1. The predicted molar refractivity (Wildman–Crippen MR) is 107 cm³/mol. The molecule has 1 aliphatic rings. The number of aryl methyl sites for hydroxylation is 2. The maximum absolute atomic E-state index is 12.2. The highest BCUT2D eigenvalue weighted by Gasteiger charge is 2.30. The van der Waals surface area contributed by atoms with Crippen molar-refractivity contribution in [3.63, 3.8) is 0 Å². The van der Waals surface area contributed by atoms with E-state index in [0.29, 0.717) is 13.0 Å². The zero-order valence-electron chi connectivity index (χ0n) is 17.1. The standard InChI is InChI=1S/C21H30N4O3/c1-13(2)27-21(26)15-6-5-7-16(10-15)28-20-9-8-18(24-14(20)3)17-12-23-25(4)19(17)11-22/h8-9,12-13,15-16H,5-7,10-11,22H2,1-4H3/t15-,16-/m0/s1. The van der Waals surface area contributed by atoms with E-state index in [9.17, 15) is 4.79 Å². The number of carbonyl (C=O) groups excluding carboxylic acids is 1. The molecule has 3 rings (SSSR count). The lowest BCUT2D eigenvalue weighted by Crippen LogP contribution is -2.31. The number of rotatable bonds is 6. The van der Waals surface area contributed by atoms with Crippen LogP contribution >= 0.6 is 0 Å². The van der Waals surface area contributed by atoms with Crippen molar-refractivity contribution in [1.29, 1.82) is 0 Å². The summed E-state index contributed by atoms with van der Waals surface area (Å²) < 4.78 is 13.4. The summed E-state index contributed by atoms with van der Waals surface area (Å²) in [6.07, 6.45) is 5.16. The van der Waals surface area contributed by atoms with Crippen LogP contribution in [0.25, 0.3) is 11.3 Å². The van der Waals surface area contributed by atoms with Crippen molar-refractivity contribution < 1.29 is 14.3 Å². The van der Waals surface area contributed by atoms with Crippen LogP contribution in [0.4, 0.5) is 0 Å². The summed E-state index contributed by atoms with van der Waals surface area (Å²) in [5.41, 5.74) is 9.37. The lowest BCUT2D eigenvalue weighted by atomic mass is 9.87. The fraction of sp³-hybridized carbons (Fsp3) is 0.571. The molecule has 2 aromatic rings. The molecular formula is C21H30N4O3. The maximum Gasteiger partial charge on any atom is 0.309 e. The first kappa shape index (κ1) is 20.3. The van der Waals surface area contributed by atoms with Gasteiger partial charge in [0.1, 0.15) is 5.75 Å². The molecule has 0 unspecified atom stereocenters. The van der Waals surface area contributed by atoms with Crippen LogP contribution in [0.1, 0.15) is 50.9 Å². The predicted octanol–water partition coefficient (Wildman–Crippen LogP) is 3.14. The summed E-state index contributed by atoms with van der Waals surface area (Å²) in [6, 6.07) is 3.88. The number of pyridine rings is 1. The Kier molecular flexibility index (Phi) is 6.34. The minimum absolute atomic E-state index is 0.00260. The van der Waals surface area contributed by atoms with Crippen LogP contribution in [0.5, 0.6) is 5.75 Å². The number of nitrogens with zero attached hydrogens (tertiary/aromatic N) is 3. The molecule has 0 radical (unpaired) electrons. The van der Waals surface area contributed by atoms with Gasteiger partial charge in [0.15, 0.2) is 0 Å². The number of ether oxygens (including phenoxy) is 2. The molecule has 0 spiro atoms. The molecule has 2 aromatic heterocycles. The highest BCUT2D eigenvalue weighted by molar-refractivity contribution is 5.72. The van der Waals surface area contributed by atoms with Crippen LogP contribution in [0, 0.1) is 12.8 Å². The summed E-state index contributed by atoms with van der Waals surface area (Å²) in [7, 11) is 1.87. The summed E-state index contributed by atoms with van der Waals surface area (Å²) in [5, 5.41) is 4.28. The lowest BCUT2D eigenvalue weighted by molar-refractivity contribution is -0.154. The third-order valence-electron chi connectivity index (χ3n) is 5.17. The van der Waals surface area contributed by atoms with Crippen molar-refractivity contribution in [3.8, 4) is 17.0 Å². The van der Waals surface area contributed by atoms with Crippen LogP contribution in [0.15, 0.2) is 18.3 Å². The van der Waals surface area contributed by atoms with Crippen molar-refractivity contribution >= 4 is 5.97 Å². The minimum atomic E-state index is -0.112. The normalized spacial score (nSPS) is 19.6. The first-order chi connectivity index (χ1) is 13.4. The van der Waals surface area contributed by atoms with Gasteiger partial charge in [-0.1, -0.05) is 0 Å². The van der Waals surface area contributed by atoms with E-state index in [4.69, 9.17) is 20.2 Å². The topological polar surface area (TPSA) is 92.3 Å². The second-order valence-electron chi connectivity index (χ2n) is 7.70. The van der Waals surface area contributed by atoms with Gasteiger partial charge in [-0.25, -0.2) is 4.98 Å². The van der Waals surface area contributed by atoms with Gasteiger partial charge < -0.3 is 15.2 Å². The molecule has 152 valence electrons. The quantitative estimate of drug-likeness (QED) is 0.767. The maximum atomic E-state index is 12.2. The van der Waals surface area contributed by atoms with E-state index >= 15 is 0 Å². The molecule has 7 heteroatoms. The Balaban J connectivity index is 1.70. The molecule has 0 bridgehead atoms. The Bertz CT molecular complexity index is 831. The average molecular weight is 386 g/mol. The van der Waals surface area contributed by atoms with Crippen LogP contribution < -0.4 is 10.5 Å². The van der Waals surface area contributed by atoms with Gasteiger partial charge in [0, 0.05) is 19.2 Å². The van der Waals surface area contributed by atoms with Gasteiger partial charge in [0.25, 0.3) is 0 Å². The second-order valence-corrected chi connectivity index (χ2v) is 7.70. The summed E-state index contributed by atoms with van der Waals surface area (Å²) >= 11 is 0. The number of esters is 1. The minimum Gasteiger partial charge on any atom is -0.489 e. The van der Waals surface area contributed by atoms with Crippen LogP contribution in [0.3, 0.4) is 0 Å². The number of hydrogen-bond donors (Lipinski definition) is 1. The molecule has 1 fully saturated rings. The number of hydrogen-bond acceptors (Lipinski definition) is 6. The van der Waals surface area contributed by atoms with E-state index in [1.165, 1.54) is 0 Å². The molecule has 28 heavy (non-hydrogen) atoms. The third-order valence-corrected chi connectivity index (χ3v) is 5.17. The monoisotopic (exact) mass is 386 g/mol. The van der Waals surface area contributed by atoms with Crippen LogP contribution in [-0.2, 0) is 23.1 Å². The number of aromatic nitrogens is 3. The van der Waals surface area contributed by atoms with Gasteiger partial charge in [0.05, 0.1) is 41.4 Å². The van der Waals surface area contributed by atoms with Gasteiger partial charge >= 0.3 is 5.97 Å². The molecule has 0 saturated heterocycles. The van der Waals surface area contributed by atoms with Gasteiger partial charge in [-0.05, 0) is 58.6 Å². The first-order valence-electron chi connectivity index (χ1n) is 9.95. The van der Waals surface area contributed by atoms with E-state index < -0.39 is 0 Å². The fourth-order valence-corrected chi connectivity index (χ4v) is 3.72. The molecular weight excluding hydrogens is 356 g/mol. The Labute approximate surface area is 166 Å². The van der Waals surface area contributed by atoms with E-state index in [0.717, 1.165) is 47.7 Å². The summed E-state index contributed by atoms with van der Waals surface area (Å²) in [4.78, 5) is 16.9.